The lowest BCUT2D eigenvalue weighted by Gasteiger charge is -2.13. The van der Waals surface area contributed by atoms with E-state index in [4.69, 9.17) is 13.9 Å². The monoisotopic (exact) mass is 317 g/mol. The molecule has 23 heavy (non-hydrogen) atoms. The first-order chi connectivity index (χ1) is 11.3. The molecule has 0 saturated heterocycles. The second-order valence-corrected chi connectivity index (χ2v) is 4.78. The van der Waals surface area contributed by atoms with Gasteiger partial charge in [-0.2, -0.15) is 0 Å². The van der Waals surface area contributed by atoms with E-state index in [2.05, 4.69) is 15.6 Å². The summed E-state index contributed by atoms with van der Waals surface area (Å²) < 4.78 is 16.2. The fourth-order valence-electron chi connectivity index (χ4n) is 2.09. The van der Waals surface area contributed by atoms with Crippen LogP contribution in [0.15, 0.2) is 46.0 Å². The van der Waals surface area contributed by atoms with E-state index >= 15 is 0 Å². The maximum absolute atomic E-state index is 5.52. The van der Waals surface area contributed by atoms with Gasteiger partial charge in [-0.25, -0.2) is 0 Å². The Balaban J connectivity index is 1.90. The van der Waals surface area contributed by atoms with Gasteiger partial charge in [0.25, 0.3) is 0 Å². The van der Waals surface area contributed by atoms with Gasteiger partial charge in [0.1, 0.15) is 5.76 Å². The molecule has 1 heterocycles. The minimum atomic E-state index is 0.583. The zero-order chi connectivity index (χ0) is 16.5. The van der Waals surface area contributed by atoms with E-state index in [0.717, 1.165) is 22.8 Å². The number of rotatable bonds is 7. The molecule has 1 aromatic carbocycles. The molecule has 0 aliphatic carbocycles. The predicted molar refractivity (Wildman–Crippen MR) is 89.9 cm³/mol. The highest BCUT2D eigenvalue weighted by Gasteiger charge is 2.06. The van der Waals surface area contributed by atoms with Crippen molar-refractivity contribution < 1.29 is 13.9 Å². The first kappa shape index (κ1) is 16.7. The predicted octanol–water partition coefficient (Wildman–Crippen LogP) is 2.55. The molecular formula is C17H23N3O3. The average molecular weight is 317 g/mol. The third-order valence-electron chi connectivity index (χ3n) is 3.22. The molecular weight excluding hydrogens is 294 g/mol. The SMILES string of the molecule is CCOc1ccc(CNC(=NC)NCc2ccco2)cc1OC. The van der Waals surface area contributed by atoms with Gasteiger partial charge in [-0.3, -0.25) is 4.99 Å². The molecule has 0 spiro atoms. The lowest BCUT2D eigenvalue weighted by atomic mass is 10.2. The number of furan rings is 1. The molecule has 2 aromatic rings. The van der Waals surface area contributed by atoms with E-state index in [1.807, 2.05) is 37.3 Å². The van der Waals surface area contributed by atoms with E-state index in [0.29, 0.717) is 25.7 Å². The van der Waals surface area contributed by atoms with Crippen LogP contribution in [0.2, 0.25) is 0 Å². The molecule has 0 radical (unpaired) electrons. The van der Waals surface area contributed by atoms with Crippen molar-refractivity contribution in [3.05, 3.63) is 47.9 Å². The largest absolute Gasteiger partial charge is 0.493 e. The summed E-state index contributed by atoms with van der Waals surface area (Å²) in [6, 6.07) is 9.65. The van der Waals surface area contributed by atoms with Crippen molar-refractivity contribution >= 4 is 5.96 Å². The average Bonchev–Trinajstić information content (AvgIpc) is 3.09. The maximum Gasteiger partial charge on any atom is 0.191 e. The van der Waals surface area contributed by atoms with Crippen LogP contribution in [0.3, 0.4) is 0 Å². The van der Waals surface area contributed by atoms with Crippen molar-refractivity contribution in [2.75, 3.05) is 20.8 Å². The fraction of sp³-hybridized carbons (Fsp3) is 0.353. The van der Waals surface area contributed by atoms with E-state index < -0.39 is 0 Å². The standard InChI is InChI=1S/C17H23N3O3/c1-4-22-15-8-7-13(10-16(15)21-3)11-19-17(18-2)20-12-14-6-5-9-23-14/h5-10H,4,11-12H2,1-3H3,(H2,18,19,20). The van der Waals surface area contributed by atoms with Crippen LogP contribution in [-0.4, -0.2) is 26.7 Å². The van der Waals surface area contributed by atoms with Gasteiger partial charge in [-0.15, -0.1) is 0 Å². The molecule has 6 nitrogen and oxygen atoms in total. The van der Waals surface area contributed by atoms with Gasteiger partial charge in [0.2, 0.25) is 0 Å². The van der Waals surface area contributed by atoms with Gasteiger partial charge in [0, 0.05) is 13.6 Å². The van der Waals surface area contributed by atoms with Gasteiger partial charge in [0.05, 0.1) is 26.5 Å². The molecule has 6 heteroatoms. The van der Waals surface area contributed by atoms with Crippen LogP contribution in [0.4, 0.5) is 0 Å². The number of nitrogens with one attached hydrogen (secondary N) is 2. The fourth-order valence-corrected chi connectivity index (χ4v) is 2.09. The first-order valence-electron chi connectivity index (χ1n) is 7.53. The number of ether oxygens (including phenoxy) is 2. The van der Waals surface area contributed by atoms with Crippen LogP contribution < -0.4 is 20.1 Å². The smallest absolute Gasteiger partial charge is 0.191 e. The Kier molecular flexibility index (Phi) is 6.35. The van der Waals surface area contributed by atoms with Gasteiger partial charge < -0.3 is 24.5 Å². The summed E-state index contributed by atoms with van der Waals surface area (Å²) in [7, 11) is 3.37. The van der Waals surface area contributed by atoms with Crippen molar-refractivity contribution in [1.29, 1.82) is 0 Å². The highest BCUT2D eigenvalue weighted by Crippen LogP contribution is 2.27. The van der Waals surface area contributed by atoms with Gasteiger partial charge >= 0.3 is 0 Å². The van der Waals surface area contributed by atoms with Gasteiger partial charge in [0.15, 0.2) is 17.5 Å². The van der Waals surface area contributed by atoms with E-state index in [9.17, 15) is 0 Å². The Bertz CT molecular complexity index is 624. The van der Waals surface area contributed by atoms with Crippen LogP contribution in [-0.2, 0) is 13.1 Å². The highest BCUT2D eigenvalue weighted by molar-refractivity contribution is 5.79. The van der Waals surface area contributed by atoms with Gasteiger partial charge in [-0.1, -0.05) is 6.07 Å². The molecule has 2 rings (SSSR count). The molecule has 1 aromatic heterocycles. The molecule has 0 saturated carbocycles. The summed E-state index contributed by atoms with van der Waals surface area (Å²) in [6.45, 7) is 3.76. The number of hydrogen-bond acceptors (Lipinski definition) is 4. The third-order valence-corrected chi connectivity index (χ3v) is 3.22. The maximum atomic E-state index is 5.52. The normalized spacial score (nSPS) is 11.2. The van der Waals surface area contributed by atoms with Crippen LogP contribution in [0, 0.1) is 0 Å². The number of benzene rings is 1. The summed E-state index contributed by atoms with van der Waals surface area (Å²) in [6.07, 6.45) is 1.65. The van der Waals surface area contributed by atoms with E-state index in [-0.39, 0.29) is 0 Å². The second kappa shape index (κ2) is 8.73. The van der Waals surface area contributed by atoms with Crippen molar-refractivity contribution in [3.8, 4) is 11.5 Å². The van der Waals surface area contributed by atoms with Crippen molar-refractivity contribution in [2.45, 2.75) is 20.0 Å². The topological polar surface area (TPSA) is 68.0 Å². The number of guanidine groups is 1. The molecule has 124 valence electrons. The Labute approximate surface area is 136 Å². The van der Waals surface area contributed by atoms with E-state index in [1.165, 1.54) is 0 Å². The molecule has 0 aliphatic heterocycles. The van der Waals surface area contributed by atoms with Crippen LogP contribution >= 0.6 is 0 Å². The Morgan fingerprint density at radius 2 is 2.00 bits per heavy atom. The van der Waals surface area contributed by atoms with Crippen LogP contribution in [0.1, 0.15) is 18.2 Å². The lowest BCUT2D eigenvalue weighted by Crippen LogP contribution is -2.36. The molecule has 0 atom stereocenters. The summed E-state index contributed by atoms with van der Waals surface area (Å²) in [5.74, 6) is 3.04. The zero-order valence-corrected chi connectivity index (χ0v) is 13.8. The summed E-state index contributed by atoms with van der Waals surface area (Å²) in [5.41, 5.74) is 1.08. The minimum absolute atomic E-state index is 0.583. The van der Waals surface area contributed by atoms with Crippen molar-refractivity contribution in [1.82, 2.24) is 10.6 Å². The number of hydrogen-bond donors (Lipinski definition) is 2. The second-order valence-electron chi connectivity index (χ2n) is 4.78. The molecule has 0 bridgehead atoms. The zero-order valence-electron chi connectivity index (χ0n) is 13.8. The molecule has 0 aliphatic rings. The van der Waals surface area contributed by atoms with Crippen molar-refractivity contribution in [3.63, 3.8) is 0 Å². The summed E-state index contributed by atoms with van der Waals surface area (Å²) in [4.78, 5) is 4.19. The quantitative estimate of drug-likeness (QED) is 0.607. The van der Waals surface area contributed by atoms with Crippen LogP contribution in [0.5, 0.6) is 11.5 Å². The van der Waals surface area contributed by atoms with Gasteiger partial charge in [-0.05, 0) is 36.8 Å². The highest BCUT2D eigenvalue weighted by atomic mass is 16.5. The Morgan fingerprint density at radius 3 is 2.65 bits per heavy atom. The third kappa shape index (κ3) is 4.95. The number of methoxy groups -OCH3 is 1. The Hall–Kier alpha value is -2.63. The van der Waals surface area contributed by atoms with Crippen molar-refractivity contribution in [2.24, 2.45) is 4.99 Å². The molecule has 2 N–H and O–H groups in total. The van der Waals surface area contributed by atoms with E-state index in [1.54, 1.807) is 20.4 Å². The molecule has 0 fully saturated rings. The number of nitrogens with zero attached hydrogens (tertiary/aromatic N) is 1. The number of aliphatic imine (C=N–C) groups is 1. The minimum Gasteiger partial charge on any atom is -0.493 e. The molecule has 0 unspecified atom stereocenters. The Morgan fingerprint density at radius 1 is 1.17 bits per heavy atom. The molecule has 0 amide bonds. The summed E-state index contributed by atoms with van der Waals surface area (Å²) >= 11 is 0. The summed E-state index contributed by atoms with van der Waals surface area (Å²) in [5, 5.41) is 6.44. The van der Waals surface area contributed by atoms with Crippen LogP contribution in [0.25, 0.3) is 0 Å². The first-order valence-corrected chi connectivity index (χ1v) is 7.53. The lowest BCUT2D eigenvalue weighted by molar-refractivity contribution is 0.310.